The van der Waals surface area contributed by atoms with Gasteiger partial charge in [-0.15, -0.1) is 24.9 Å². The van der Waals surface area contributed by atoms with Crippen LogP contribution in [-0.4, -0.2) is 80.6 Å². The van der Waals surface area contributed by atoms with E-state index in [0.29, 0.717) is 19.5 Å². The summed E-state index contributed by atoms with van der Waals surface area (Å²) in [5.41, 5.74) is -0.443. The summed E-state index contributed by atoms with van der Waals surface area (Å²) in [6.45, 7) is 19.7. The number of amides is 2. The lowest BCUT2D eigenvalue weighted by Crippen LogP contribution is -2.60. The number of fused-ring (bicyclic) bond motifs is 1. The van der Waals surface area contributed by atoms with Gasteiger partial charge in [-0.25, -0.2) is 0 Å². The topological polar surface area (TPSA) is 87.2 Å². The molecule has 0 aliphatic carbocycles. The lowest BCUT2D eigenvalue weighted by atomic mass is 9.71. The number of carbonyl (C=O) groups is 3. The summed E-state index contributed by atoms with van der Waals surface area (Å²) in [5.74, 6) is -1.50. The molecule has 3 aliphatic rings. The first kappa shape index (κ1) is 31.7. The van der Waals surface area contributed by atoms with E-state index in [1.807, 2.05) is 4.90 Å². The highest BCUT2D eigenvalue weighted by molar-refractivity contribution is 8.02. The van der Waals surface area contributed by atoms with Crippen molar-refractivity contribution in [1.82, 2.24) is 9.80 Å². The van der Waals surface area contributed by atoms with E-state index in [4.69, 9.17) is 9.84 Å². The number of thioether (sulfide) groups is 1. The van der Waals surface area contributed by atoms with Gasteiger partial charge in [0.25, 0.3) is 0 Å². The van der Waals surface area contributed by atoms with E-state index < -0.39 is 28.2 Å². The molecule has 7 nitrogen and oxygen atoms in total. The van der Waals surface area contributed by atoms with Gasteiger partial charge in [0.1, 0.15) is 6.04 Å². The second-order valence-corrected chi connectivity index (χ2v) is 14.9. The van der Waals surface area contributed by atoms with E-state index in [1.165, 1.54) is 0 Å². The average Bonchev–Trinajstić information content (AvgIpc) is 3.48. The number of ether oxygens (including phenoxy) is 1. The molecule has 3 aliphatic heterocycles. The highest BCUT2D eigenvalue weighted by Gasteiger charge is 2.74. The quantitative estimate of drug-likeness (QED) is 0.172. The van der Waals surface area contributed by atoms with Crippen molar-refractivity contribution in [2.75, 3.05) is 26.3 Å². The van der Waals surface area contributed by atoms with E-state index in [-0.39, 0.29) is 41.7 Å². The summed E-state index contributed by atoms with van der Waals surface area (Å²) < 4.78 is 4.98. The molecule has 8 heteroatoms. The number of unbranched alkanes of at least 4 members (excludes halogenated alkanes) is 3. The molecule has 0 radical (unpaired) electrons. The standard InChI is InChI=1S/C31H50N2O5S/c1-8-10-20-38-28(37)23-22-15-16-31(39-22)24(23)26(35)32(18-13-11-12-14-19-34)25(31)27(36)33(17-9-2)30(6,7)21-29(3,4)5/h8-9,22-25,34H,1-2,10-21H2,3-7H3/t22-,23+,24-,25?,31?/m0/s1. The fourth-order valence-corrected chi connectivity index (χ4v) is 9.53. The number of rotatable bonds is 15. The minimum Gasteiger partial charge on any atom is -0.465 e. The Balaban J connectivity index is 1.98. The molecule has 0 aromatic rings. The van der Waals surface area contributed by atoms with Crippen LogP contribution in [0, 0.1) is 17.3 Å². The number of carbonyl (C=O) groups excluding carboxylic acids is 3. The lowest BCUT2D eigenvalue weighted by Gasteiger charge is -2.46. The van der Waals surface area contributed by atoms with Crippen LogP contribution in [0.3, 0.4) is 0 Å². The Kier molecular flexibility index (Phi) is 10.4. The third-order valence-electron chi connectivity index (χ3n) is 8.45. The van der Waals surface area contributed by atoms with Crippen LogP contribution in [0.1, 0.15) is 86.0 Å². The van der Waals surface area contributed by atoms with Crippen LogP contribution in [0.4, 0.5) is 0 Å². The maximum Gasteiger partial charge on any atom is 0.310 e. The number of aliphatic hydroxyl groups excluding tert-OH is 1. The number of likely N-dealkylation sites (tertiary alicyclic amines) is 1. The van der Waals surface area contributed by atoms with Crippen molar-refractivity contribution in [3.8, 4) is 0 Å². The molecule has 1 spiro atoms. The molecule has 5 atom stereocenters. The van der Waals surface area contributed by atoms with Gasteiger partial charge in [-0.05, 0) is 57.8 Å². The second-order valence-electron chi connectivity index (χ2n) is 13.3. The molecule has 0 saturated carbocycles. The van der Waals surface area contributed by atoms with Gasteiger partial charge in [0.2, 0.25) is 11.8 Å². The minimum absolute atomic E-state index is 0.00274. The Bertz CT molecular complexity index is 928. The normalized spacial score (nSPS) is 27.9. The van der Waals surface area contributed by atoms with Crippen LogP contribution in [0.15, 0.2) is 25.3 Å². The summed E-state index contributed by atoms with van der Waals surface area (Å²) in [6.07, 6.45) is 9.63. The van der Waals surface area contributed by atoms with Crippen LogP contribution in [0.25, 0.3) is 0 Å². The largest absolute Gasteiger partial charge is 0.465 e. The fraction of sp³-hybridized carbons (Fsp3) is 0.774. The summed E-state index contributed by atoms with van der Waals surface area (Å²) in [5, 5.41) is 9.16. The predicted molar refractivity (Wildman–Crippen MR) is 157 cm³/mol. The third kappa shape index (κ3) is 6.58. The molecule has 3 saturated heterocycles. The molecule has 3 fully saturated rings. The fourth-order valence-electron chi connectivity index (χ4n) is 7.33. The molecule has 0 aromatic heterocycles. The monoisotopic (exact) mass is 562 g/mol. The van der Waals surface area contributed by atoms with Gasteiger partial charge in [0.15, 0.2) is 0 Å². The van der Waals surface area contributed by atoms with Crippen molar-refractivity contribution in [2.24, 2.45) is 17.3 Å². The molecule has 39 heavy (non-hydrogen) atoms. The van der Waals surface area contributed by atoms with E-state index in [9.17, 15) is 14.4 Å². The van der Waals surface area contributed by atoms with E-state index in [2.05, 4.69) is 47.8 Å². The highest BCUT2D eigenvalue weighted by Crippen LogP contribution is 2.66. The van der Waals surface area contributed by atoms with Gasteiger partial charge in [-0.3, -0.25) is 14.4 Å². The molecule has 220 valence electrons. The molecule has 1 N–H and O–H groups in total. The molecular weight excluding hydrogens is 512 g/mol. The molecular formula is C31H50N2O5S. The Labute approximate surface area is 239 Å². The van der Waals surface area contributed by atoms with Crippen LogP contribution < -0.4 is 0 Å². The van der Waals surface area contributed by atoms with Gasteiger partial charge < -0.3 is 19.6 Å². The Morgan fingerprint density at radius 3 is 2.46 bits per heavy atom. The van der Waals surface area contributed by atoms with Gasteiger partial charge in [0.05, 0.1) is 23.2 Å². The van der Waals surface area contributed by atoms with Crippen molar-refractivity contribution in [3.63, 3.8) is 0 Å². The van der Waals surface area contributed by atoms with Crippen molar-refractivity contribution in [2.45, 2.75) is 108 Å². The van der Waals surface area contributed by atoms with Crippen LogP contribution in [0.5, 0.6) is 0 Å². The maximum atomic E-state index is 14.7. The Morgan fingerprint density at radius 2 is 1.85 bits per heavy atom. The number of hydrogen-bond acceptors (Lipinski definition) is 6. The number of hydrogen-bond donors (Lipinski definition) is 1. The predicted octanol–water partition coefficient (Wildman–Crippen LogP) is 4.98. The van der Waals surface area contributed by atoms with Crippen LogP contribution in [0.2, 0.25) is 0 Å². The lowest BCUT2D eigenvalue weighted by molar-refractivity contribution is -0.154. The van der Waals surface area contributed by atoms with Crippen molar-refractivity contribution < 1.29 is 24.2 Å². The molecule has 2 amide bonds. The van der Waals surface area contributed by atoms with Gasteiger partial charge >= 0.3 is 5.97 Å². The van der Waals surface area contributed by atoms with Crippen molar-refractivity contribution >= 4 is 29.5 Å². The third-order valence-corrected chi connectivity index (χ3v) is 10.4. The number of esters is 1. The average molecular weight is 563 g/mol. The van der Waals surface area contributed by atoms with Gasteiger partial charge in [-0.2, -0.15) is 0 Å². The molecule has 3 rings (SSSR count). The zero-order valence-electron chi connectivity index (χ0n) is 24.7. The smallest absolute Gasteiger partial charge is 0.310 e. The van der Waals surface area contributed by atoms with E-state index in [0.717, 1.165) is 44.9 Å². The van der Waals surface area contributed by atoms with Crippen molar-refractivity contribution in [3.05, 3.63) is 25.3 Å². The summed E-state index contributed by atoms with van der Waals surface area (Å²) in [6, 6.07) is -0.618. The second kappa shape index (κ2) is 12.8. The highest BCUT2D eigenvalue weighted by atomic mass is 32.2. The van der Waals surface area contributed by atoms with Gasteiger partial charge in [-0.1, -0.05) is 45.8 Å². The SMILES string of the molecule is C=CCCOC(=O)[C@@H]1[C@@H]2CCC3(S2)C(C(=O)N(CC=C)C(C)(C)CC(C)(C)C)N(CCCCCCO)C(=O)[C@H]13. The molecule has 2 unspecified atom stereocenters. The summed E-state index contributed by atoms with van der Waals surface area (Å²) >= 11 is 1.69. The van der Waals surface area contributed by atoms with Gasteiger partial charge in [0, 0.05) is 30.5 Å². The van der Waals surface area contributed by atoms with Crippen molar-refractivity contribution in [1.29, 1.82) is 0 Å². The first-order valence-electron chi connectivity index (χ1n) is 14.6. The van der Waals surface area contributed by atoms with E-state index in [1.54, 1.807) is 28.8 Å². The van der Waals surface area contributed by atoms with Crippen LogP contribution in [-0.2, 0) is 19.1 Å². The Hall–Kier alpha value is -1.80. The first-order chi connectivity index (χ1) is 18.3. The number of aliphatic hydroxyl groups is 1. The molecule has 3 heterocycles. The number of nitrogens with zero attached hydrogens (tertiary/aromatic N) is 2. The van der Waals surface area contributed by atoms with E-state index >= 15 is 0 Å². The zero-order chi connectivity index (χ0) is 29.0. The minimum atomic E-state index is -0.622. The first-order valence-corrected chi connectivity index (χ1v) is 15.5. The Morgan fingerprint density at radius 1 is 1.15 bits per heavy atom. The summed E-state index contributed by atoms with van der Waals surface area (Å²) in [4.78, 5) is 45.9. The van der Waals surface area contributed by atoms with Crippen LogP contribution >= 0.6 is 11.8 Å². The molecule has 2 bridgehead atoms. The molecule has 0 aromatic carbocycles. The zero-order valence-corrected chi connectivity index (χ0v) is 25.6. The summed E-state index contributed by atoms with van der Waals surface area (Å²) in [7, 11) is 0. The maximum absolute atomic E-state index is 14.7.